The predicted molar refractivity (Wildman–Crippen MR) is 96.5 cm³/mol. The molecular weight excluding hydrogens is 422 g/mol. The second kappa shape index (κ2) is 8.76. The first-order valence-electron chi connectivity index (χ1n) is 7.94. The summed E-state index contributed by atoms with van der Waals surface area (Å²) in [5.41, 5.74) is -3.08. The lowest BCUT2D eigenvalue weighted by molar-refractivity contribution is -0.143. The molecular formula is C18H14F6N2O2S. The fraction of sp³-hybridized carbons (Fsp3) is 0.222. The van der Waals surface area contributed by atoms with Crippen molar-refractivity contribution in [2.24, 2.45) is 0 Å². The first-order valence-corrected chi connectivity index (χ1v) is 8.93. The van der Waals surface area contributed by atoms with E-state index in [1.807, 2.05) is 0 Å². The number of carbonyl (C=O) groups is 2. The molecule has 0 aromatic heterocycles. The molecule has 0 bridgehead atoms. The van der Waals surface area contributed by atoms with Crippen molar-refractivity contribution >= 4 is 35.0 Å². The molecule has 4 nitrogen and oxygen atoms in total. The second-order valence-corrected chi connectivity index (χ2v) is 6.89. The van der Waals surface area contributed by atoms with Crippen LogP contribution in [0.2, 0.25) is 0 Å². The molecule has 0 spiro atoms. The van der Waals surface area contributed by atoms with E-state index in [2.05, 4.69) is 10.6 Å². The fourth-order valence-corrected chi connectivity index (χ4v) is 2.91. The number of nitrogens with one attached hydrogen (secondary N) is 2. The van der Waals surface area contributed by atoms with Crippen molar-refractivity contribution in [2.45, 2.75) is 24.2 Å². The number of hydrogen-bond donors (Lipinski definition) is 2. The molecule has 0 unspecified atom stereocenters. The minimum Gasteiger partial charge on any atom is -0.326 e. The van der Waals surface area contributed by atoms with Gasteiger partial charge in [-0.3, -0.25) is 9.59 Å². The summed E-state index contributed by atoms with van der Waals surface area (Å²) in [5, 5.41) is 4.61. The number of carbonyl (C=O) groups excluding carboxylic acids is 2. The van der Waals surface area contributed by atoms with E-state index < -0.39 is 35.1 Å². The maximum atomic E-state index is 12.8. The molecule has 156 valence electrons. The van der Waals surface area contributed by atoms with Gasteiger partial charge in [-0.15, -0.1) is 11.8 Å². The number of amides is 2. The van der Waals surface area contributed by atoms with Gasteiger partial charge >= 0.3 is 12.4 Å². The molecule has 29 heavy (non-hydrogen) atoms. The van der Waals surface area contributed by atoms with Gasteiger partial charge in [-0.1, -0.05) is 0 Å². The highest BCUT2D eigenvalue weighted by Gasteiger charge is 2.37. The number of benzene rings is 2. The van der Waals surface area contributed by atoms with E-state index in [0.29, 0.717) is 22.7 Å². The molecule has 0 fully saturated rings. The highest BCUT2D eigenvalue weighted by Crippen LogP contribution is 2.37. The Hall–Kier alpha value is -2.69. The van der Waals surface area contributed by atoms with Gasteiger partial charge in [-0.25, -0.2) is 0 Å². The SMILES string of the molecule is CC(=O)Nc1ccc(SCC(=O)Nc2cc(C(F)(F)F)cc(C(F)(F)F)c2)cc1. The smallest absolute Gasteiger partial charge is 0.326 e. The molecule has 11 heteroatoms. The van der Waals surface area contributed by atoms with Gasteiger partial charge in [-0.05, 0) is 42.5 Å². The Labute approximate surface area is 165 Å². The van der Waals surface area contributed by atoms with E-state index in [-0.39, 0.29) is 17.7 Å². The summed E-state index contributed by atoms with van der Waals surface area (Å²) < 4.78 is 77.1. The van der Waals surface area contributed by atoms with Crippen LogP contribution < -0.4 is 10.6 Å². The van der Waals surface area contributed by atoms with E-state index in [0.717, 1.165) is 11.8 Å². The van der Waals surface area contributed by atoms with Crippen LogP contribution in [0.25, 0.3) is 0 Å². The Morgan fingerprint density at radius 2 is 1.34 bits per heavy atom. The molecule has 2 N–H and O–H groups in total. The van der Waals surface area contributed by atoms with Crippen molar-refractivity contribution < 1.29 is 35.9 Å². The monoisotopic (exact) mass is 436 g/mol. The van der Waals surface area contributed by atoms with Gasteiger partial charge in [0.05, 0.1) is 16.9 Å². The first-order chi connectivity index (χ1) is 13.3. The van der Waals surface area contributed by atoms with Crippen molar-refractivity contribution in [1.29, 1.82) is 0 Å². The topological polar surface area (TPSA) is 58.2 Å². The summed E-state index contributed by atoms with van der Waals surface area (Å²) in [4.78, 5) is 23.5. The zero-order valence-electron chi connectivity index (χ0n) is 14.7. The van der Waals surface area contributed by atoms with Crippen LogP contribution in [-0.2, 0) is 21.9 Å². The molecule has 2 rings (SSSR count). The maximum absolute atomic E-state index is 12.8. The van der Waals surface area contributed by atoms with Gasteiger partial charge in [0.1, 0.15) is 0 Å². The molecule has 2 amide bonds. The van der Waals surface area contributed by atoms with Crippen molar-refractivity contribution in [1.82, 2.24) is 0 Å². The van der Waals surface area contributed by atoms with Crippen molar-refractivity contribution in [2.75, 3.05) is 16.4 Å². The number of halogens is 6. The minimum absolute atomic E-state index is 0.0129. The Morgan fingerprint density at radius 3 is 1.79 bits per heavy atom. The normalized spacial score (nSPS) is 11.8. The molecule has 0 heterocycles. The summed E-state index contributed by atoms with van der Waals surface area (Å²) in [5.74, 6) is -1.27. The average molecular weight is 436 g/mol. The minimum atomic E-state index is -4.99. The van der Waals surface area contributed by atoms with Crippen LogP contribution in [0.5, 0.6) is 0 Å². The van der Waals surface area contributed by atoms with E-state index >= 15 is 0 Å². The Morgan fingerprint density at radius 1 is 0.828 bits per heavy atom. The van der Waals surface area contributed by atoms with Gasteiger partial charge < -0.3 is 10.6 Å². The Balaban J connectivity index is 2.07. The van der Waals surface area contributed by atoms with Gasteiger partial charge in [0.2, 0.25) is 11.8 Å². The van der Waals surface area contributed by atoms with Gasteiger partial charge in [-0.2, -0.15) is 26.3 Å². The van der Waals surface area contributed by atoms with E-state index in [1.54, 1.807) is 24.3 Å². The van der Waals surface area contributed by atoms with Gasteiger partial charge in [0, 0.05) is 23.2 Å². The molecule has 0 atom stereocenters. The lowest BCUT2D eigenvalue weighted by Crippen LogP contribution is -2.17. The zero-order valence-corrected chi connectivity index (χ0v) is 15.6. The van der Waals surface area contributed by atoms with Gasteiger partial charge in [0.15, 0.2) is 0 Å². The van der Waals surface area contributed by atoms with E-state index in [9.17, 15) is 35.9 Å². The summed E-state index contributed by atoms with van der Waals surface area (Å²) in [7, 11) is 0. The molecule has 2 aromatic rings. The Kier molecular flexibility index (Phi) is 6.83. The second-order valence-electron chi connectivity index (χ2n) is 5.84. The number of hydrogen-bond acceptors (Lipinski definition) is 3. The zero-order chi connectivity index (χ0) is 21.8. The van der Waals surface area contributed by atoms with Crippen LogP contribution in [0.1, 0.15) is 18.1 Å². The first kappa shape index (κ1) is 22.6. The Bertz CT molecular complexity index is 862. The predicted octanol–water partition coefficient (Wildman–Crippen LogP) is 5.41. The van der Waals surface area contributed by atoms with Crippen molar-refractivity contribution in [3.05, 3.63) is 53.6 Å². The quantitative estimate of drug-likeness (QED) is 0.487. The van der Waals surface area contributed by atoms with Crippen LogP contribution >= 0.6 is 11.8 Å². The molecule has 0 aliphatic heterocycles. The third-order valence-corrected chi connectivity index (χ3v) is 4.43. The van der Waals surface area contributed by atoms with Crippen LogP contribution in [0.4, 0.5) is 37.7 Å². The summed E-state index contributed by atoms with van der Waals surface area (Å²) in [6.07, 6.45) is -9.99. The maximum Gasteiger partial charge on any atom is 0.416 e. The number of thioether (sulfide) groups is 1. The van der Waals surface area contributed by atoms with Crippen LogP contribution in [0, 0.1) is 0 Å². The number of rotatable bonds is 5. The molecule has 0 radical (unpaired) electrons. The molecule has 0 saturated heterocycles. The third-order valence-electron chi connectivity index (χ3n) is 3.42. The van der Waals surface area contributed by atoms with Crippen LogP contribution in [0.3, 0.4) is 0 Å². The number of alkyl halides is 6. The highest BCUT2D eigenvalue weighted by atomic mass is 32.2. The third kappa shape index (κ3) is 7.00. The fourth-order valence-electron chi connectivity index (χ4n) is 2.21. The summed E-state index contributed by atoms with van der Waals surface area (Å²) >= 11 is 1.03. The molecule has 0 aliphatic carbocycles. The number of anilines is 2. The van der Waals surface area contributed by atoms with Crippen molar-refractivity contribution in [3.63, 3.8) is 0 Å². The standard InChI is InChI=1S/C18H14F6N2O2S/c1-10(27)25-13-2-4-15(5-3-13)29-9-16(28)26-14-7-11(17(19,20)21)6-12(8-14)18(22,23)24/h2-8H,9H2,1H3,(H,25,27)(H,26,28). The average Bonchev–Trinajstić information content (AvgIpc) is 2.59. The lowest BCUT2D eigenvalue weighted by atomic mass is 10.1. The molecule has 0 aliphatic rings. The lowest BCUT2D eigenvalue weighted by Gasteiger charge is -2.14. The van der Waals surface area contributed by atoms with E-state index in [4.69, 9.17) is 0 Å². The summed E-state index contributed by atoms with van der Waals surface area (Å²) in [6.45, 7) is 1.34. The van der Waals surface area contributed by atoms with Crippen LogP contribution in [0.15, 0.2) is 47.4 Å². The molecule has 0 saturated carbocycles. The van der Waals surface area contributed by atoms with Crippen molar-refractivity contribution in [3.8, 4) is 0 Å². The van der Waals surface area contributed by atoms with Gasteiger partial charge in [0.25, 0.3) is 0 Å². The van der Waals surface area contributed by atoms with Crippen LogP contribution in [-0.4, -0.2) is 17.6 Å². The van der Waals surface area contributed by atoms with E-state index in [1.165, 1.54) is 6.92 Å². The highest BCUT2D eigenvalue weighted by molar-refractivity contribution is 8.00. The molecule has 2 aromatic carbocycles. The largest absolute Gasteiger partial charge is 0.416 e. The summed E-state index contributed by atoms with van der Waals surface area (Å²) in [6, 6.07) is 7.26.